The van der Waals surface area contributed by atoms with E-state index in [9.17, 15) is 13.6 Å². The van der Waals surface area contributed by atoms with Gasteiger partial charge in [-0.3, -0.25) is 9.48 Å². The van der Waals surface area contributed by atoms with Crippen molar-refractivity contribution in [3.05, 3.63) is 52.9 Å². The van der Waals surface area contributed by atoms with Crippen LogP contribution < -0.4 is 0 Å². The molecule has 0 aliphatic carbocycles. The van der Waals surface area contributed by atoms with Gasteiger partial charge in [0.05, 0.1) is 5.69 Å². The second-order valence-electron chi connectivity index (χ2n) is 4.54. The Morgan fingerprint density at radius 1 is 1.20 bits per heavy atom. The van der Waals surface area contributed by atoms with E-state index in [1.54, 1.807) is 10.7 Å². The molecule has 0 saturated carbocycles. The number of benzene rings is 1. The summed E-state index contributed by atoms with van der Waals surface area (Å²) in [6.07, 6.45) is 0.782. The molecule has 0 unspecified atom stereocenters. The Labute approximate surface area is 116 Å². The molecule has 2 rings (SSSR count). The van der Waals surface area contributed by atoms with Gasteiger partial charge in [-0.25, -0.2) is 8.78 Å². The number of rotatable bonds is 5. The molecule has 0 atom stereocenters. The van der Waals surface area contributed by atoms with Crippen molar-refractivity contribution in [2.24, 2.45) is 0 Å². The molecule has 3 nitrogen and oxygen atoms in total. The number of halogens is 2. The topological polar surface area (TPSA) is 34.9 Å². The van der Waals surface area contributed by atoms with E-state index < -0.39 is 11.6 Å². The summed E-state index contributed by atoms with van der Waals surface area (Å²) in [7, 11) is 0. The lowest BCUT2D eigenvalue weighted by molar-refractivity contribution is 0.0982. The molecule has 0 spiro atoms. The van der Waals surface area contributed by atoms with Gasteiger partial charge < -0.3 is 0 Å². The third kappa shape index (κ3) is 2.92. The summed E-state index contributed by atoms with van der Waals surface area (Å²) in [5.41, 5.74) is 1.81. The molecule has 0 bridgehead atoms. The molecule has 1 heterocycles. The van der Waals surface area contributed by atoms with Crippen LogP contribution in [0.15, 0.2) is 24.3 Å². The molecule has 0 saturated heterocycles. The Balaban J connectivity index is 2.23. The molecular formula is C15H16F2N2O. The van der Waals surface area contributed by atoms with Crippen LogP contribution in [0.3, 0.4) is 0 Å². The Morgan fingerprint density at radius 2 is 1.95 bits per heavy atom. The lowest BCUT2D eigenvalue weighted by atomic mass is 10.1. The zero-order valence-electron chi connectivity index (χ0n) is 11.5. The molecular weight excluding hydrogens is 262 g/mol. The van der Waals surface area contributed by atoms with Crippen LogP contribution in [0.5, 0.6) is 0 Å². The summed E-state index contributed by atoms with van der Waals surface area (Å²) < 4.78 is 27.6. The summed E-state index contributed by atoms with van der Waals surface area (Å²) in [5, 5.41) is 4.30. The average Bonchev–Trinajstić information content (AvgIpc) is 2.86. The van der Waals surface area contributed by atoms with Crippen molar-refractivity contribution < 1.29 is 13.6 Å². The number of nitrogens with zero attached hydrogens (tertiary/aromatic N) is 2. The van der Waals surface area contributed by atoms with Crippen molar-refractivity contribution in [1.29, 1.82) is 0 Å². The first-order valence-electron chi connectivity index (χ1n) is 6.59. The van der Waals surface area contributed by atoms with Gasteiger partial charge in [0.2, 0.25) is 0 Å². The van der Waals surface area contributed by atoms with Gasteiger partial charge in [0.1, 0.15) is 5.69 Å². The standard InChI is InChI=1S/C15H16F2N2O/c1-3-11-9-14(19(4-2)18-11)15(20)8-10-5-6-12(16)13(17)7-10/h5-7,9H,3-4,8H2,1-2H3. The van der Waals surface area contributed by atoms with Gasteiger partial charge in [-0.15, -0.1) is 0 Å². The van der Waals surface area contributed by atoms with E-state index in [2.05, 4.69) is 5.10 Å². The molecule has 2 aromatic rings. The van der Waals surface area contributed by atoms with Crippen LogP contribution in [0.2, 0.25) is 0 Å². The lowest BCUT2D eigenvalue weighted by Crippen LogP contribution is -2.12. The number of hydrogen-bond donors (Lipinski definition) is 0. The Morgan fingerprint density at radius 3 is 2.55 bits per heavy atom. The second kappa shape index (κ2) is 5.94. The van der Waals surface area contributed by atoms with E-state index in [1.165, 1.54) is 6.07 Å². The van der Waals surface area contributed by atoms with Crippen LogP contribution >= 0.6 is 0 Å². The average molecular weight is 278 g/mol. The zero-order valence-corrected chi connectivity index (χ0v) is 11.5. The van der Waals surface area contributed by atoms with Crippen molar-refractivity contribution in [2.75, 3.05) is 0 Å². The Bertz CT molecular complexity index is 635. The highest BCUT2D eigenvalue weighted by molar-refractivity contribution is 5.96. The molecule has 0 aliphatic heterocycles. The highest BCUT2D eigenvalue weighted by Gasteiger charge is 2.15. The van der Waals surface area contributed by atoms with Crippen molar-refractivity contribution in [3.8, 4) is 0 Å². The molecule has 20 heavy (non-hydrogen) atoms. The molecule has 0 amide bonds. The van der Waals surface area contributed by atoms with Crippen molar-refractivity contribution in [1.82, 2.24) is 9.78 Å². The predicted octanol–water partition coefficient (Wildman–Crippen LogP) is 3.17. The Hall–Kier alpha value is -2.04. The molecule has 0 aliphatic rings. The maximum atomic E-state index is 13.1. The maximum Gasteiger partial charge on any atom is 0.185 e. The SMILES string of the molecule is CCc1cc(C(=O)Cc2ccc(F)c(F)c2)n(CC)n1. The number of aryl methyl sites for hydroxylation is 2. The predicted molar refractivity (Wildman–Crippen MR) is 71.7 cm³/mol. The van der Waals surface area contributed by atoms with E-state index in [-0.39, 0.29) is 12.2 Å². The molecule has 0 radical (unpaired) electrons. The van der Waals surface area contributed by atoms with Crippen LogP contribution in [0, 0.1) is 11.6 Å². The smallest absolute Gasteiger partial charge is 0.185 e. The summed E-state index contributed by atoms with van der Waals surface area (Å²) in [6, 6.07) is 5.27. The van der Waals surface area contributed by atoms with Crippen LogP contribution in [0.25, 0.3) is 0 Å². The minimum absolute atomic E-state index is 0.0338. The Kier molecular flexibility index (Phi) is 4.27. The molecule has 5 heteroatoms. The number of aromatic nitrogens is 2. The van der Waals surface area contributed by atoms with Crippen molar-refractivity contribution in [2.45, 2.75) is 33.2 Å². The van der Waals surface area contributed by atoms with E-state index >= 15 is 0 Å². The van der Waals surface area contributed by atoms with E-state index in [4.69, 9.17) is 0 Å². The fourth-order valence-corrected chi connectivity index (χ4v) is 2.03. The van der Waals surface area contributed by atoms with Gasteiger partial charge in [0, 0.05) is 13.0 Å². The second-order valence-corrected chi connectivity index (χ2v) is 4.54. The minimum Gasteiger partial charge on any atom is -0.292 e. The van der Waals surface area contributed by atoms with E-state index in [0.29, 0.717) is 17.8 Å². The van der Waals surface area contributed by atoms with Crippen LogP contribution in [0.4, 0.5) is 8.78 Å². The van der Waals surface area contributed by atoms with Crippen LogP contribution in [-0.2, 0) is 19.4 Å². The maximum absolute atomic E-state index is 13.1. The number of hydrogen-bond acceptors (Lipinski definition) is 2. The summed E-state index contributed by atoms with van der Waals surface area (Å²) in [5.74, 6) is -1.99. The van der Waals surface area contributed by atoms with Crippen molar-refractivity contribution in [3.63, 3.8) is 0 Å². The van der Waals surface area contributed by atoms with E-state index in [0.717, 1.165) is 24.2 Å². The molecule has 106 valence electrons. The van der Waals surface area contributed by atoms with Gasteiger partial charge in [-0.2, -0.15) is 5.10 Å². The lowest BCUT2D eigenvalue weighted by Gasteiger charge is -2.04. The van der Waals surface area contributed by atoms with Crippen LogP contribution in [-0.4, -0.2) is 15.6 Å². The highest BCUT2D eigenvalue weighted by atomic mass is 19.2. The van der Waals surface area contributed by atoms with E-state index in [1.807, 2.05) is 13.8 Å². The number of carbonyl (C=O) groups excluding carboxylic acids is 1. The third-order valence-corrected chi connectivity index (χ3v) is 3.13. The minimum atomic E-state index is -0.937. The van der Waals surface area contributed by atoms with Gasteiger partial charge in [0.15, 0.2) is 17.4 Å². The number of ketones is 1. The number of carbonyl (C=O) groups is 1. The zero-order chi connectivity index (χ0) is 14.7. The molecule has 0 fully saturated rings. The number of Topliss-reactive ketones (excluding diaryl/α,β-unsaturated/α-hetero) is 1. The summed E-state index contributed by atoms with van der Waals surface area (Å²) in [4.78, 5) is 12.2. The fourth-order valence-electron chi connectivity index (χ4n) is 2.03. The van der Waals surface area contributed by atoms with Gasteiger partial charge in [0.25, 0.3) is 0 Å². The summed E-state index contributed by atoms with van der Waals surface area (Å²) >= 11 is 0. The normalized spacial score (nSPS) is 10.8. The molecule has 1 aromatic carbocycles. The van der Waals surface area contributed by atoms with Crippen LogP contribution in [0.1, 0.15) is 35.6 Å². The largest absolute Gasteiger partial charge is 0.292 e. The first kappa shape index (κ1) is 14.4. The first-order chi connectivity index (χ1) is 9.55. The fraction of sp³-hybridized carbons (Fsp3) is 0.333. The van der Waals surface area contributed by atoms with Gasteiger partial charge >= 0.3 is 0 Å². The first-order valence-corrected chi connectivity index (χ1v) is 6.59. The van der Waals surface area contributed by atoms with Crippen molar-refractivity contribution >= 4 is 5.78 Å². The van der Waals surface area contributed by atoms with Gasteiger partial charge in [-0.05, 0) is 37.1 Å². The monoisotopic (exact) mass is 278 g/mol. The van der Waals surface area contributed by atoms with Gasteiger partial charge in [-0.1, -0.05) is 13.0 Å². The summed E-state index contributed by atoms with van der Waals surface area (Å²) in [6.45, 7) is 4.46. The molecule has 0 N–H and O–H groups in total. The quantitative estimate of drug-likeness (QED) is 0.787. The third-order valence-electron chi connectivity index (χ3n) is 3.13. The highest BCUT2D eigenvalue weighted by Crippen LogP contribution is 2.13. The molecule has 1 aromatic heterocycles.